The number of allylic oxidation sites excluding steroid dienone is 1. The van der Waals surface area contributed by atoms with Crippen molar-refractivity contribution >= 4 is 46.9 Å². The first-order valence-electron chi connectivity index (χ1n) is 11.0. The molecule has 10 heteroatoms. The number of carbonyl (C=O) groups is 3. The van der Waals surface area contributed by atoms with Crippen molar-refractivity contribution in [2.75, 3.05) is 4.90 Å². The Hall–Kier alpha value is -4.76. The van der Waals surface area contributed by atoms with Crippen LogP contribution in [0.25, 0.3) is 6.08 Å². The summed E-state index contributed by atoms with van der Waals surface area (Å²) in [6.07, 6.45) is 3.49. The molecule has 1 aliphatic rings. The molecule has 4 amide bonds. The molecule has 0 aromatic heterocycles. The third-order valence-corrected chi connectivity index (χ3v) is 5.71. The Morgan fingerprint density at radius 3 is 2.51 bits per heavy atom. The smallest absolute Gasteiger partial charge is 0.335 e. The number of urea groups is 1. The molecule has 0 radical (unpaired) electrons. The molecule has 0 atom stereocenters. The molecule has 1 heterocycles. The average Bonchev–Trinajstić information content (AvgIpc) is 2.87. The van der Waals surface area contributed by atoms with E-state index in [0.717, 1.165) is 10.5 Å². The van der Waals surface area contributed by atoms with Gasteiger partial charge in [-0.25, -0.2) is 9.69 Å². The molecule has 1 saturated heterocycles. The van der Waals surface area contributed by atoms with E-state index in [-0.39, 0.29) is 23.6 Å². The van der Waals surface area contributed by atoms with Crippen molar-refractivity contribution in [3.63, 3.8) is 0 Å². The number of benzene rings is 3. The minimum absolute atomic E-state index is 0.0315. The number of amides is 4. The highest BCUT2D eigenvalue weighted by atomic mass is 35.5. The molecule has 0 aliphatic carbocycles. The number of non-ortho nitro benzene ring substituents is 1. The molecule has 4 rings (SSSR count). The van der Waals surface area contributed by atoms with Gasteiger partial charge in [-0.05, 0) is 65.6 Å². The van der Waals surface area contributed by atoms with E-state index in [4.69, 9.17) is 16.3 Å². The molecule has 0 saturated carbocycles. The van der Waals surface area contributed by atoms with Gasteiger partial charge < -0.3 is 4.74 Å². The summed E-state index contributed by atoms with van der Waals surface area (Å²) >= 11 is 5.90. The van der Waals surface area contributed by atoms with Gasteiger partial charge in [-0.3, -0.25) is 25.0 Å². The van der Waals surface area contributed by atoms with E-state index in [0.29, 0.717) is 28.3 Å². The minimum Gasteiger partial charge on any atom is -0.489 e. The van der Waals surface area contributed by atoms with Gasteiger partial charge in [0.2, 0.25) is 0 Å². The molecule has 0 bridgehead atoms. The third-order valence-electron chi connectivity index (χ3n) is 5.46. The maximum atomic E-state index is 13.1. The van der Waals surface area contributed by atoms with Gasteiger partial charge in [0.1, 0.15) is 17.9 Å². The largest absolute Gasteiger partial charge is 0.489 e. The lowest BCUT2D eigenvalue weighted by atomic mass is 10.0. The zero-order valence-corrected chi connectivity index (χ0v) is 20.1. The van der Waals surface area contributed by atoms with Crippen LogP contribution in [0.4, 0.5) is 16.2 Å². The van der Waals surface area contributed by atoms with E-state index in [9.17, 15) is 24.5 Å². The summed E-state index contributed by atoms with van der Waals surface area (Å²) in [5.74, 6) is -1.06. The topological polar surface area (TPSA) is 119 Å². The van der Waals surface area contributed by atoms with Crippen LogP contribution in [0.3, 0.4) is 0 Å². The number of nitro groups is 1. The van der Waals surface area contributed by atoms with Crippen LogP contribution in [-0.4, -0.2) is 22.8 Å². The highest BCUT2D eigenvalue weighted by Gasteiger charge is 2.36. The van der Waals surface area contributed by atoms with Gasteiger partial charge in [0.15, 0.2) is 0 Å². The fraction of sp³-hybridized carbons (Fsp3) is 0.0741. The Labute approximate surface area is 216 Å². The third kappa shape index (κ3) is 5.74. The molecule has 1 N–H and O–H groups in total. The second-order valence-corrected chi connectivity index (χ2v) is 8.45. The van der Waals surface area contributed by atoms with Crippen LogP contribution in [0.2, 0.25) is 5.02 Å². The van der Waals surface area contributed by atoms with E-state index >= 15 is 0 Å². The van der Waals surface area contributed by atoms with Crippen LogP contribution < -0.4 is 15.0 Å². The summed E-state index contributed by atoms with van der Waals surface area (Å²) in [6, 6.07) is 16.4. The van der Waals surface area contributed by atoms with Crippen LogP contribution >= 0.6 is 11.6 Å². The van der Waals surface area contributed by atoms with E-state index in [2.05, 4.69) is 11.9 Å². The molecule has 9 nitrogen and oxygen atoms in total. The van der Waals surface area contributed by atoms with Crippen LogP contribution in [0.1, 0.15) is 16.7 Å². The maximum absolute atomic E-state index is 13.1. The number of barbiturate groups is 1. The van der Waals surface area contributed by atoms with E-state index in [1.54, 1.807) is 36.4 Å². The Bertz CT molecular complexity index is 1450. The van der Waals surface area contributed by atoms with E-state index in [1.165, 1.54) is 42.5 Å². The number of halogens is 1. The number of nitrogens with zero attached hydrogens (tertiary/aromatic N) is 2. The van der Waals surface area contributed by atoms with Gasteiger partial charge in [0.25, 0.3) is 17.5 Å². The Balaban J connectivity index is 1.60. The van der Waals surface area contributed by atoms with Crippen molar-refractivity contribution in [1.82, 2.24) is 5.32 Å². The number of nitrogens with one attached hydrogen (secondary N) is 1. The maximum Gasteiger partial charge on any atom is 0.335 e. The predicted molar refractivity (Wildman–Crippen MR) is 138 cm³/mol. The van der Waals surface area contributed by atoms with Gasteiger partial charge in [-0.15, -0.1) is 6.58 Å². The van der Waals surface area contributed by atoms with Gasteiger partial charge in [-0.2, -0.15) is 0 Å². The molecule has 1 fully saturated rings. The van der Waals surface area contributed by atoms with Crippen molar-refractivity contribution < 1.29 is 24.0 Å². The molecule has 3 aromatic rings. The van der Waals surface area contributed by atoms with Gasteiger partial charge in [-0.1, -0.05) is 35.9 Å². The summed E-state index contributed by atoms with van der Waals surface area (Å²) in [6.45, 7) is 3.86. The van der Waals surface area contributed by atoms with Crippen LogP contribution in [-0.2, 0) is 22.6 Å². The second kappa shape index (κ2) is 10.9. The quantitative estimate of drug-likeness (QED) is 0.144. The molecule has 37 heavy (non-hydrogen) atoms. The minimum atomic E-state index is -0.855. The van der Waals surface area contributed by atoms with Crippen LogP contribution in [0.5, 0.6) is 5.75 Å². The number of imide groups is 2. The lowest BCUT2D eigenvalue weighted by Crippen LogP contribution is -2.54. The summed E-state index contributed by atoms with van der Waals surface area (Å²) < 4.78 is 5.90. The number of anilines is 1. The number of nitro benzene ring substituents is 1. The van der Waals surface area contributed by atoms with Crippen LogP contribution in [0, 0.1) is 10.1 Å². The SMILES string of the molecule is C=CCc1cc(/C=C2\C(=O)NC(=O)N(c3ccc(Cl)cc3)C2=O)ccc1OCc1cccc([N+](=O)[O-])c1. The molecule has 0 spiro atoms. The van der Waals surface area contributed by atoms with Crippen molar-refractivity contribution in [3.05, 3.63) is 117 Å². The van der Waals surface area contributed by atoms with Gasteiger partial charge in [0.05, 0.1) is 10.6 Å². The molecule has 1 aliphatic heterocycles. The standard InChI is InChI=1S/C27H20ClN3O6/c1-2-4-19-13-17(7-12-24(19)37-16-18-5-3-6-22(14-18)31(35)36)15-23-25(32)29-27(34)30(26(23)33)21-10-8-20(28)9-11-21/h2-3,5-15H,1,4,16H2,(H,29,32,34)/b23-15+. The summed E-state index contributed by atoms with van der Waals surface area (Å²) in [5.41, 5.74) is 1.90. The summed E-state index contributed by atoms with van der Waals surface area (Å²) in [7, 11) is 0. The number of rotatable bonds is 8. The molecular weight excluding hydrogens is 498 g/mol. The Kier molecular flexibility index (Phi) is 7.45. The first-order valence-corrected chi connectivity index (χ1v) is 11.4. The Morgan fingerprint density at radius 2 is 1.81 bits per heavy atom. The molecular formula is C27H20ClN3O6. The first kappa shape index (κ1) is 25.3. The summed E-state index contributed by atoms with van der Waals surface area (Å²) in [5, 5.41) is 13.6. The average molecular weight is 518 g/mol. The van der Waals surface area contributed by atoms with Crippen molar-refractivity contribution in [2.45, 2.75) is 13.0 Å². The van der Waals surface area contributed by atoms with Crippen molar-refractivity contribution in [1.29, 1.82) is 0 Å². The highest BCUT2D eigenvalue weighted by Crippen LogP contribution is 2.27. The summed E-state index contributed by atoms with van der Waals surface area (Å²) in [4.78, 5) is 49.4. The molecule has 0 unspecified atom stereocenters. The van der Waals surface area contributed by atoms with E-state index < -0.39 is 22.8 Å². The van der Waals surface area contributed by atoms with Gasteiger partial charge >= 0.3 is 6.03 Å². The second-order valence-electron chi connectivity index (χ2n) is 8.01. The van der Waals surface area contributed by atoms with Crippen LogP contribution in [0.15, 0.2) is 85.0 Å². The normalized spacial score (nSPS) is 14.5. The molecule has 186 valence electrons. The zero-order valence-electron chi connectivity index (χ0n) is 19.3. The number of carbonyl (C=O) groups excluding carboxylic acids is 3. The van der Waals surface area contributed by atoms with Crippen molar-refractivity contribution in [3.8, 4) is 5.75 Å². The number of ether oxygens (including phenoxy) is 1. The lowest BCUT2D eigenvalue weighted by Gasteiger charge is -2.26. The van der Waals surface area contributed by atoms with E-state index in [1.807, 2.05) is 0 Å². The van der Waals surface area contributed by atoms with Crippen molar-refractivity contribution in [2.24, 2.45) is 0 Å². The predicted octanol–water partition coefficient (Wildman–Crippen LogP) is 5.22. The fourth-order valence-electron chi connectivity index (χ4n) is 3.71. The number of hydrogen-bond donors (Lipinski definition) is 1. The lowest BCUT2D eigenvalue weighted by molar-refractivity contribution is -0.384. The zero-order chi connectivity index (χ0) is 26.5. The first-order chi connectivity index (χ1) is 17.8. The highest BCUT2D eigenvalue weighted by molar-refractivity contribution is 6.39. The Morgan fingerprint density at radius 1 is 1.05 bits per heavy atom. The number of hydrogen-bond acceptors (Lipinski definition) is 6. The fourth-order valence-corrected chi connectivity index (χ4v) is 3.84. The van der Waals surface area contributed by atoms with Gasteiger partial charge in [0, 0.05) is 17.2 Å². The monoisotopic (exact) mass is 517 g/mol. The molecule has 3 aromatic carbocycles.